The third kappa shape index (κ3) is 2.49. The summed E-state index contributed by atoms with van der Waals surface area (Å²) in [5, 5.41) is 0.922. The molecule has 1 saturated heterocycles. The Labute approximate surface area is 110 Å². The van der Waals surface area contributed by atoms with Gasteiger partial charge in [0.15, 0.2) is 0 Å². The molecule has 2 aromatic rings. The molecule has 2 aromatic heterocycles. The Morgan fingerprint density at radius 1 is 1.42 bits per heavy atom. The monoisotopic (exact) mass is 262 g/mol. The molecular formula is C13H15FN4O. The summed E-state index contributed by atoms with van der Waals surface area (Å²) in [5.41, 5.74) is 0.869. The van der Waals surface area contributed by atoms with Crippen molar-refractivity contribution in [3.8, 4) is 0 Å². The number of hydrogen-bond donors (Lipinski definition) is 0. The molecule has 0 aromatic carbocycles. The fourth-order valence-electron chi connectivity index (χ4n) is 2.35. The van der Waals surface area contributed by atoms with Crippen LogP contribution >= 0.6 is 0 Å². The third-order valence-corrected chi connectivity index (χ3v) is 3.28. The highest BCUT2D eigenvalue weighted by molar-refractivity contribution is 5.88. The summed E-state index contributed by atoms with van der Waals surface area (Å²) in [6.45, 7) is 1.65. The molecule has 0 saturated carbocycles. The van der Waals surface area contributed by atoms with Crippen LogP contribution in [0.4, 0.5) is 10.2 Å². The van der Waals surface area contributed by atoms with Crippen LogP contribution in [-0.4, -0.2) is 47.4 Å². The molecule has 0 spiro atoms. The van der Waals surface area contributed by atoms with Gasteiger partial charge in [-0.1, -0.05) is 0 Å². The van der Waals surface area contributed by atoms with Crippen LogP contribution in [0.15, 0.2) is 24.8 Å². The Morgan fingerprint density at radius 2 is 2.37 bits per heavy atom. The summed E-state index contributed by atoms with van der Waals surface area (Å²) >= 11 is 0. The number of pyridine rings is 1. The third-order valence-electron chi connectivity index (χ3n) is 3.28. The molecule has 0 aliphatic carbocycles. The van der Waals surface area contributed by atoms with Gasteiger partial charge in [-0.15, -0.1) is 0 Å². The summed E-state index contributed by atoms with van der Waals surface area (Å²) < 4.78 is 18.0. The van der Waals surface area contributed by atoms with Gasteiger partial charge in [-0.05, 0) is 6.07 Å². The van der Waals surface area contributed by atoms with E-state index in [1.165, 1.54) is 6.33 Å². The molecule has 0 N–H and O–H groups in total. The van der Waals surface area contributed by atoms with E-state index in [1.807, 2.05) is 6.07 Å². The SMILES string of the molecule is FCCC1CN(c2nccc3ncncc23)CCO1. The number of rotatable bonds is 3. The number of ether oxygens (including phenoxy) is 1. The molecule has 0 bridgehead atoms. The highest BCUT2D eigenvalue weighted by atomic mass is 19.1. The molecule has 3 heterocycles. The summed E-state index contributed by atoms with van der Waals surface area (Å²) in [5.74, 6) is 0.852. The maximum atomic E-state index is 12.4. The first-order chi connectivity index (χ1) is 9.38. The van der Waals surface area contributed by atoms with E-state index in [4.69, 9.17) is 4.74 Å². The smallest absolute Gasteiger partial charge is 0.139 e. The van der Waals surface area contributed by atoms with Gasteiger partial charge in [0.25, 0.3) is 0 Å². The minimum Gasteiger partial charge on any atom is -0.374 e. The first-order valence-electron chi connectivity index (χ1n) is 6.35. The number of alkyl halides is 1. The van der Waals surface area contributed by atoms with Gasteiger partial charge in [-0.25, -0.2) is 15.0 Å². The quantitative estimate of drug-likeness (QED) is 0.840. The Hall–Kier alpha value is -1.82. The number of fused-ring (bicyclic) bond motifs is 1. The van der Waals surface area contributed by atoms with Gasteiger partial charge in [0, 0.05) is 31.9 Å². The molecule has 1 fully saturated rings. The number of hydrogen-bond acceptors (Lipinski definition) is 5. The van der Waals surface area contributed by atoms with Gasteiger partial charge in [-0.3, -0.25) is 4.39 Å². The maximum absolute atomic E-state index is 12.4. The molecule has 1 aliphatic rings. The van der Waals surface area contributed by atoms with Crippen LogP contribution in [0, 0.1) is 0 Å². The van der Waals surface area contributed by atoms with Crippen molar-refractivity contribution in [2.45, 2.75) is 12.5 Å². The molecule has 0 radical (unpaired) electrons. The van der Waals surface area contributed by atoms with E-state index < -0.39 is 0 Å². The summed E-state index contributed by atoms with van der Waals surface area (Å²) in [7, 11) is 0. The Bertz CT molecular complexity index is 558. The van der Waals surface area contributed by atoms with E-state index >= 15 is 0 Å². The fraction of sp³-hybridized carbons (Fsp3) is 0.462. The molecule has 0 amide bonds. The van der Waals surface area contributed by atoms with Crippen LogP contribution in [0.5, 0.6) is 0 Å². The number of anilines is 1. The van der Waals surface area contributed by atoms with Crippen LogP contribution < -0.4 is 4.90 Å². The van der Waals surface area contributed by atoms with Crippen molar-refractivity contribution in [2.75, 3.05) is 31.3 Å². The molecule has 100 valence electrons. The topological polar surface area (TPSA) is 51.1 Å². The molecule has 1 atom stereocenters. The number of halogens is 1. The predicted molar refractivity (Wildman–Crippen MR) is 69.9 cm³/mol. The molecule has 6 heteroatoms. The molecule has 1 aliphatic heterocycles. The average molecular weight is 262 g/mol. The van der Waals surface area contributed by atoms with E-state index in [9.17, 15) is 4.39 Å². The molecule has 1 unspecified atom stereocenters. The van der Waals surface area contributed by atoms with Gasteiger partial charge < -0.3 is 9.64 Å². The summed E-state index contributed by atoms with van der Waals surface area (Å²) in [6.07, 6.45) is 5.39. The van der Waals surface area contributed by atoms with Crippen molar-refractivity contribution in [2.24, 2.45) is 0 Å². The molecule has 19 heavy (non-hydrogen) atoms. The van der Waals surface area contributed by atoms with Gasteiger partial charge in [0.1, 0.15) is 12.1 Å². The van der Waals surface area contributed by atoms with E-state index in [1.54, 1.807) is 12.4 Å². The van der Waals surface area contributed by atoms with E-state index in [2.05, 4.69) is 19.9 Å². The van der Waals surface area contributed by atoms with Crippen LogP contribution in [0.2, 0.25) is 0 Å². The fourth-order valence-corrected chi connectivity index (χ4v) is 2.35. The van der Waals surface area contributed by atoms with E-state index in [-0.39, 0.29) is 12.8 Å². The lowest BCUT2D eigenvalue weighted by Gasteiger charge is -2.33. The van der Waals surface area contributed by atoms with Crippen molar-refractivity contribution < 1.29 is 9.13 Å². The zero-order valence-electron chi connectivity index (χ0n) is 10.5. The van der Waals surface area contributed by atoms with Crippen LogP contribution in [0.1, 0.15) is 6.42 Å². The van der Waals surface area contributed by atoms with Crippen molar-refractivity contribution >= 4 is 16.7 Å². The van der Waals surface area contributed by atoms with Crippen molar-refractivity contribution in [1.29, 1.82) is 0 Å². The minimum atomic E-state index is -0.357. The molecular weight excluding hydrogens is 247 g/mol. The van der Waals surface area contributed by atoms with E-state index in [0.717, 1.165) is 23.3 Å². The first-order valence-corrected chi connectivity index (χ1v) is 6.35. The summed E-state index contributed by atoms with van der Waals surface area (Å²) in [6, 6.07) is 1.86. The molecule has 3 rings (SSSR count). The Kier molecular flexibility index (Phi) is 3.50. The first kappa shape index (κ1) is 12.2. The lowest BCUT2D eigenvalue weighted by molar-refractivity contribution is 0.0311. The Morgan fingerprint density at radius 3 is 3.26 bits per heavy atom. The number of morpholine rings is 1. The zero-order valence-corrected chi connectivity index (χ0v) is 10.5. The lowest BCUT2D eigenvalue weighted by Crippen LogP contribution is -2.43. The van der Waals surface area contributed by atoms with Crippen LogP contribution in [0.3, 0.4) is 0 Å². The standard InChI is InChI=1S/C13H15FN4O/c14-3-1-10-8-18(5-6-19-10)13-11-7-15-9-17-12(11)2-4-16-13/h2,4,7,9-10H,1,3,5-6,8H2. The predicted octanol–water partition coefficient (Wildman–Crippen LogP) is 1.59. The molecule has 5 nitrogen and oxygen atoms in total. The summed E-state index contributed by atoms with van der Waals surface area (Å²) in [4.78, 5) is 14.8. The van der Waals surface area contributed by atoms with E-state index in [0.29, 0.717) is 19.6 Å². The van der Waals surface area contributed by atoms with Crippen LogP contribution in [-0.2, 0) is 4.74 Å². The number of aromatic nitrogens is 3. The second-order valence-corrected chi connectivity index (χ2v) is 4.51. The van der Waals surface area contributed by atoms with Gasteiger partial charge in [0.05, 0.1) is 30.3 Å². The second-order valence-electron chi connectivity index (χ2n) is 4.51. The largest absolute Gasteiger partial charge is 0.374 e. The van der Waals surface area contributed by atoms with Crippen molar-refractivity contribution in [3.63, 3.8) is 0 Å². The minimum absolute atomic E-state index is 0.0690. The van der Waals surface area contributed by atoms with Gasteiger partial charge in [0.2, 0.25) is 0 Å². The lowest BCUT2D eigenvalue weighted by atomic mass is 10.2. The second kappa shape index (κ2) is 5.44. The van der Waals surface area contributed by atoms with Crippen molar-refractivity contribution in [1.82, 2.24) is 15.0 Å². The highest BCUT2D eigenvalue weighted by Gasteiger charge is 2.22. The van der Waals surface area contributed by atoms with Crippen molar-refractivity contribution in [3.05, 3.63) is 24.8 Å². The number of nitrogens with zero attached hydrogens (tertiary/aromatic N) is 4. The normalized spacial score (nSPS) is 19.8. The van der Waals surface area contributed by atoms with Crippen LogP contribution in [0.25, 0.3) is 10.9 Å². The van der Waals surface area contributed by atoms with Gasteiger partial charge in [-0.2, -0.15) is 0 Å². The maximum Gasteiger partial charge on any atom is 0.139 e. The van der Waals surface area contributed by atoms with Gasteiger partial charge >= 0.3 is 0 Å². The zero-order chi connectivity index (χ0) is 13.1. The Balaban J connectivity index is 1.91. The highest BCUT2D eigenvalue weighted by Crippen LogP contribution is 2.24. The average Bonchev–Trinajstić information content (AvgIpc) is 2.47.